The van der Waals surface area contributed by atoms with Crippen LogP contribution in [0.1, 0.15) is 51.3 Å². The van der Waals surface area contributed by atoms with Crippen LogP contribution >= 0.6 is 11.3 Å². The summed E-state index contributed by atoms with van der Waals surface area (Å²) in [6.45, 7) is 11.6. The van der Waals surface area contributed by atoms with Gasteiger partial charge in [0, 0.05) is 59.0 Å². The molecular weight excluding hydrogens is 675 g/mol. The van der Waals surface area contributed by atoms with E-state index in [0.29, 0.717) is 0 Å². The molecule has 9 aromatic rings. The Bertz CT molecular complexity index is 3090. The van der Waals surface area contributed by atoms with Crippen LogP contribution in [0.3, 0.4) is 0 Å². The number of nitrogens with zero attached hydrogens (tertiary/aromatic N) is 2. The van der Waals surface area contributed by atoms with Gasteiger partial charge in [-0.3, -0.25) is 0 Å². The molecule has 0 unspecified atom stereocenters. The molecule has 258 valence electrons. The van der Waals surface area contributed by atoms with Crippen molar-refractivity contribution in [3.8, 4) is 11.1 Å². The van der Waals surface area contributed by atoms with Crippen LogP contribution in [0.25, 0.3) is 53.2 Å². The number of hydrogen-bond donors (Lipinski definition) is 0. The van der Waals surface area contributed by atoms with E-state index in [9.17, 15) is 0 Å². The second kappa shape index (κ2) is 10.2. The lowest BCUT2D eigenvalue weighted by molar-refractivity contribution is 0.590. The molecular formula is C49H37BN2OS. The number of hydrogen-bond acceptors (Lipinski definition) is 4. The second-order valence-corrected chi connectivity index (χ2v) is 18.0. The first-order valence-corrected chi connectivity index (χ1v) is 19.9. The van der Waals surface area contributed by atoms with E-state index in [1.54, 1.807) is 0 Å². The molecule has 0 bridgehead atoms. The van der Waals surface area contributed by atoms with E-state index in [-0.39, 0.29) is 17.7 Å². The lowest BCUT2D eigenvalue weighted by atomic mass is 9.42. The van der Waals surface area contributed by atoms with Crippen molar-refractivity contribution in [1.29, 1.82) is 0 Å². The molecule has 0 radical (unpaired) electrons. The number of fused-ring (bicyclic) bond motifs is 14. The van der Waals surface area contributed by atoms with Crippen LogP contribution in [0.2, 0.25) is 0 Å². The minimum Gasteiger partial charge on any atom is -0.454 e. The van der Waals surface area contributed by atoms with Gasteiger partial charge in [0.2, 0.25) is 0 Å². The van der Waals surface area contributed by atoms with Crippen molar-refractivity contribution in [3.05, 3.63) is 150 Å². The van der Waals surface area contributed by atoms with Crippen molar-refractivity contribution in [3.63, 3.8) is 0 Å². The minimum atomic E-state index is -0.200. The third-order valence-electron chi connectivity index (χ3n) is 12.6. The van der Waals surface area contributed by atoms with Crippen LogP contribution in [-0.2, 0) is 10.8 Å². The molecule has 12 rings (SSSR count). The van der Waals surface area contributed by atoms with Gasteiger partial charge in [-0.1, -0.05) is 120 Å². The molecule has 7 aromatic carbocycles. The Balaban J connectivity index is 1.31. The van der Waals surface area contributed by atoms with Crippen LogP contribution in [0.4, 0.5) is 28.4 Å². The second-order valence-electron chi connectivity index (χ2n) is 16.9. The fourth-order valence-corrected chi connectivity index (χ4v) is 11.2. The number of anilines is 5. The molecule has 0 atom stereocenters. The van der Waals surface area contributed by atoms with E-state index in [1.807, 2.05) is 11.3 Å². The predicted octanol–water partition coefficient (Wildman–Crippen LogP) is 12.6. The minimum absolute atomic E-state index is 0.0512. The Morgan fingerprint density at radius 1 is 0.648 bits per heavy atom. The zero-order chi connectivity index (χ0) is 36.2. The highest BCUT2D eigenvalue weighted by atomic mass is 32.1. The predicted molar refractivity (Wildman–Crippen MR) is 231 cm³/mol. The zero-order valence-electron chi connectivity index (χ0n) is 31.0. The fraction of sp³-hybridized carbons (Fsp3) is 0.143. The van der Waals surface area contributed by atoms with Crippen molar-refractivity contribution in [2.24, 2.45) is 0 Å². The third-order valence-corrected chi connectivity index (χ3v) is 13.7. The van der Waals surface area contributed by atoms with Gasteiger partial charge in [0.25, 0.3) is 0 Å². The van der Waals surface area contributed by atoms with Crippen LogP contribution in [0.5, 0.6) is 0 Å². The maximum atomic E-state index is 7.07. The van der Waals surface area contributed by atoms with E-state index >= 15 is 0 Å². The third kappa shape index (κ3) is 3.78. The topological polar surface area (TPSA) is 19.6 Å². The highest BCUT2D eigenvalue weighted by Gasteiger charge is 2.51. The summed E-state index contributed by atoms with van der Waals surface area (Å²) in [4.78, 5) is 5.22. The van der Waals surface area contributed by atoms with Crippen molar-refractivity contribution < 1.29 is 4.42 Å². The van der Waals surface area contributed by atoms with Crippen molar-refractivity contribution in [1.82, 2.24) is 0 Å². The van der Waals surface area contributed by atoms with E-state index in [1.165, 1.54) is 81.7 Å². The lowest BCUT2D eigenvalue weighted by Gasteiger charge is -2.50. The van der Waals surface area contributed by atoms with Crippen LogP contribution in [0.15, 0.2) is 138 Å². The molecule has 0 aliphatic carbocycles. The monoisotopic (exact) mass is 712 g/mol. The van der Waals surface area contributed by atoms with Gasteiger partial charge in [0.1, 0.15) is 5.58 Å². The maximum Gasteiger partial charge on any atom is 0.333 e. The van der Waals surface area contributed by atoms with Gasteiger partial charge < -0.3 is 14.1 Å². The largest absolute Gasteiger partial charge is 0.454 e. The van der Waals surface area contributed by atoms with Gasteiger partial charge in [0.15, 0.2) is 5.58 Å². The first-order chi connectivity index (χ1) is 26.2. The number of para-hydroxylation sites is 3. The van der Waals surface area contributed by atoms with Crippen molar-refractivity contribution in [2.45, 2.75) is 45.4 Å². The number of furan rings is 1. The Kier molecular flexibility index (Phi) is 5.82. The highest BCUT2D eigenvalue weighted by molar-refractivity contribution is 7.26. The van der Waals surface area contributed by atoms with Gasteiger partial charge in [-0.15, -0.1) is 11.3 Å². The maximum absolute atomic E-state index is 7.07. The van der Waals surface area contributed by atoms with Crippen LogP contribution in [-0.4, -0.2) is 6.85 Å². The average Bonchev–Trinajstić information content (AvgIpc) is 3.75. The molecule has 0 saturated heterocycles. The van der Waals surface area contributed by atoms with Crippen LogP contribution < -0.4 is 20.6 Å². The van der Waals surface area contributed by atoms with E-state index in [4.69, 9.17) is 4.42 Å². The molecule has 0 N–H and O–H groups in total. The highest BCUT2D eigenvalue weighted by Crippen LogP contribution is 2.58. The molecule has 2 aromatic heterocycles. The lowest BCUT2D eigenvalue weighted by Crippen LogP contribution is -2.62. The SMILES string of the molecule is CC(C)(C)c1ccc(N2B3c4cccc5c4N(c4ccccc4C5(C)C)c4c3c(cc3c4oc4ccccc43)-c3c2ccc2sc4ccccc4c32)cc1. The van der Waals surface area contributed by atoms with Crippen LogP contribution in [0, 0.1) is 0 Å². The first kappa shape index (κ1) is 30.7. The molecule has 0 spiro atoms. The molecule has 3 aliphatic rings. The average molecular weight is 713 g/mol. The first-order valence-electron chi connectivity index (χ1n) is 19.1. The molecule has 0 fully saturated rings. The molecule has 54 heavy (non-hydrogen) atoms. The summed E-state index contributed by atoms with van der Waals surface area (Å²) in [6.07, 6.45) is 0. The Labute approximate surface area is 319 Å². The Morgan fingerprint density at radius 3 is 2.22 bits per heavy atom. The Morgan fingerprint density at radius 2 is 1.39 bits per heavy atom. The molecule has 5 heteroatoms. The van der Waals surface area contributed by atoms with E-state index in [0.717, 1.165) is 27.6 Å². The quantitative estimate of drug-likeness (QED) is 0.158. The summed E-state index contributed by atoms with van der Waals surface area (Å²) in [7, 11) is 0. The zero-order valence-corrected chi connectivity index (χ0v) is 31.8. The fourth-order valence-electron chi connectivity index (χ4n) is 10.0. The van der Waals surface area contributed by atoms with Gasteiger partial charge in [0.05, 0.1) is 11.4 Å². The standard InChI is InChI=1S/C49H37BN2OS/c1-48(2,3)28-21-23-29(24-22-28)52-38-25-26-41-43(31-14-7-11-20-40(31)54-41)42(38)33-27-32-30-13-6-10-19-39(30)53-47(32)46-44(33)50(52)36-17-12-16-35-45(36)51(46)37-18-9-8-15-34(37)49(35,4)5/h6-27H,1-5H3. The van der Waals surface area contributed by atoms with E-state index < -0.39 is 0 Å². The summed E-state index contributed by atoms with van der Waals surface area (Å²) >= 11 is 1.89. The summed E-state index contributed by atoms with van der Waals surface area (Å²) < 4.78 is 9.69. The molecule has 0 saturated carbocycles. The van der Waals surface area contributed by atoms with Gasteiger partial charge in [-0.05, 0) is 87.1 Å². The van der Waals surface area contributed by atoms with E-state index in [2.05, 4.69) is 178 Å². The Hall–Kier alpha value is -5.78. The molecule has 0 amide bonds. The van der Waals surface area contributed by atoms with Gasteiger partial charge in [-0.2, -0.15) is 0 Å². The molecule has 5 heterocycles. The summed E-state index contributed by atoms with van der Waals surface area (Å²) in [6, 6.07) is 50.2. The number of benzene rings is 7. The van der Waals surface area contributed by atoms with Crippen molar-refractivity contribution in [2.75, 3.05) is 9.71 Å². The number of thiophene rings is 1. The van der Waals surface area contributed by atoms with Gasteiger partial charge in [-0.25, -0.2) is 0 Å². The summed E-state index contributed by atoms with van der Waals surface area (Å²) in [5.74, 6) is 0. The summed E-state index contributed by atoms with van der Waals surface area (Å²) in [5.41, 5.74) is 17.0. The van der Waals surface area contributed by atoms with Gasteiger partial charge >= 0.3 is 6.85 Å². The summed E-state index contributed by atoms with van der Waals surface area (Å²) in [5, 5.41) is 4.95. The normalized spacial score (nSPS) is 15.2. The number of rotatable bonds is 1. The molecule has 3 nitrogen and oxygen atoms in total. The smallest absolute Gasteiger partial charge is 0.333 e. The molecule has 3 aliphatic heterocycles. The van der Waals surface area contributed by atoms with Crippen molar-refractivity contribution >= 4 is 99.7 Å².